The predicted molar refractivity (Wildman–Crippen MR) is 45.1 cm³/mol. The molecule has 0 saturated heterocycles. The average molecular weight is 167 g/mol. The first-order valence-electron chi connectivity index (χ1n) is 3.71. The van der Waals surface area contributed by atoms with Crippen molar-refractivity contribution >= 4 is 6.41 Å². The molecule has 0 aromatic heterocycles. The number of allylic oxidation sites excluding steroid dienone is 5. The van der Waals surface area contributed by atoms with E-state index in [9.17, 15) is 9.18 Å². The highest BCUT2D eigenvalue weighted by Crippen LogP contribution is 2.10. The van der Waals surface area contributed by atoms with Gasteiger partial charge in [-0.05, 0) is 24.1 Å². The molecule has 0 fully saturated rings. The number of hydrogen-bond donors (Lipinski definition) is 1. The fraction of sp³-hybridized carbons (Fsp3) is 0.222. The van der Waals surface area contributed by atoms with Crippen molar-refractivity contribution in [3.8, 4) is 0 Å². The van der Waals surface area contributed by atoms with E-state index in [4.69, 9.17) is 0 Å². The SMILES string of the molecule is O=CNCC1=CC=C(F)C=CC1. The van der Waals surface area contributed by atoms with Crippen molar-refractivity contribution in [1.82, 2.24) is 5.32 Å². The minimum Gasteiger partial charge on any atom is -0.355 e. The molecule has 0 atom stereocenters. The summed E-state index contributed by atoms with van der Waals surface area (Å²) >= 11 is 0. The first kappa shape index (κ1) is 8.71. The molecule has 12 heavy (non-hydrogen) atoms. The van der Waals surface area contributed by atoms with Gasteiger partial charge in [0.25, 0.3) is 0 Å². The lowest BCUT2D eigenvalue weighted by Gasteiger charge is -2.00. The molecular weight excluding hydrogens is 157 g/mol. The van der Waals surface area contributed by atoms with Crippen LogP contribution in [0.2, 0.25) is 0 Å². The Balaban J connectivity index is 2.55. The molecule has 0 bridgehead atoms. The van der Waals surface area contributed by atoms with Gasteiger partial charge < -0.3 is 5.32 Å². The van der Waals surface area contributed by atoms with Crippen molar-refractivity contribution in [2.45, 2.75) is 6.42 Å². The minimum atomic E-state index is -0.254. The molecule has 1 rings (SSSR count). The van der Waals surface area contributed by atoms with Gasteiger partial charge in [-0.2, -0.15) is 0 Å². The van der Waals surface area contributed by atoms with Gasteiger partial charge in [0, 0.05) is 6.54 Å². The maximum Gasteiger partial charge on any atom is 0.207 e. The molecule has 1 amide bonds. The summed E-state index contributed by atoms with van der Waals surface area (Å²) in [5.41, 5.74) is 0.992. The molecule has 1 N–H and O–H groups in total. The van der Waals surface area contributed by atoms with Gasteiger partial charge in [-0.15, -0.1) is 0 Å². The number of nitrogens with one attached hydrogen (secondary N) is 1. The Labute approximate surface area is 70.5 Å². The van der Waals surface area contributed by atoms with Crippen LogP contribution in [0.5, 0.6) is 0 Å². The van der Waals surface area contributed by atoms with E-state index in [0.717, 1.165) is 5.57 Å². The number of carbonyl (C=O) groups is 1. The maximum atomic E-state index is 12.6. The van der Waals surface area contributed by atoms with Crippen molar-refractivity contribution in [3.05, 3.63) is 35.7 Å². The molecule has 3 heteroatoms. The Kier molecular flexibility index (Phi) is 3.26. The molecule has 0 aliphatic heterocycles. The zero-order valence-corrected chi connectivity index (χ0v) is 6.59. The third kappa shape index (κ3) is 2.70. The lowest BCUT2D eigenvalue weighted by atomic mass is 10.2. The lowest BCUT2D eigenvalue weighted by Crippen LogP contribution is -2.13. The summed E-state index contributed by atoms with van der Waals surface area (Å²) in [6.45, 7) is 0.484. The van der Waals surface area contributed by atoms with E-state index in [2.05, 4.69) is 5.32 Å². The van der Waals surface area contributed by atoms with Crippen molar-refractivity contribution in [2.24, 2.45) is 0 Å². The van der Waals surface area contributed by atoms with Crippen molar-refractivity contribution < 1.29 is 9.18 Å². The Morgan fingerprint density at radius 1 is 1.58 bits per heavy atom. The second-order valence-electron chi connectivity index (χ2n) is 2.48. The quantitative estimate of drug-likeness (QED) is 0.633. The van der Waals surface area contributed by atoms with E-state index < -0.39 is 0 Å². The molecule has 64 valence electrons. The van der Waals surface area contributed by atoms with Gasteiger partial charge in [-0.1, -0.05) is 12.2 Å². The zero-order chi connectivity index (χ0) is 8.81. The summed E-state index contributed by atoms with van der Waals surface area (Å²) in [6, 6.07) is 0. The molecule has 0 unspecified atom stereocenters. The third-order valence-electron chi connectivity index (χ3n) is 1.55. The zero-order valence-electron chi connectivity index (χ0n) is 6.59. The number of hydrogen-bond acceptors (Lipinski definition) is 1. The van der Waals surface area contributed by atoms with Crippen LogP contribution in [0.1, 0.15) is 6.42 Å². The molecule has 0 saturated carbocycles. The van der Waals surface area contributed by atoms with E-state index in [-0.39, 0.29) is 5.83 Å². The van der Waals surface area contributed by atoms with Crippen molar-refractivity contribution in [3.63, 3.8) is 0 Å². The fourth-order valence-electron chi connectivity index (χ4n) is 0.948. The molecule has 0 heterocycles. The number of amides is 1. The molecule has 1 aliphatic carbocycles. The first-order chi connectivity index (χ1) is 5.83. The molecule has 0 aromatic rings. The number of carbonyl (C=O) groups excluding carboxylic acids is 1. The highest BCUT2D eigenvalue weighted by Gasteiger charge is 1.97. The Bertz CT molecular complexity index is 253. The highest BCUT2D eigenvalue weighted by molar-refractivity contribution is 5.47. The lowest BCUT2D eigenvalue weighted by molar-refractivity contribution is -0.109. The van der Waals surface area contributed by atoms with E-state index in [0.29, 0.717) is 19.4 Å². The summed E-state index contributed by atoms with van der Waals surface area (Å²) in [5.74, 6) is -0.254. The summed E-state index contributed by atoms with van der Waals surface area (Å²) in [6.07, 6.45) is 7.55. The Morgan fingerprint density at radius 2 is 2.42 bits per heavy atom. The standard InChI is InChI=1S/C9H10FNO/c10-9-3-1-2-8(4-5-9)6-11-7-12/h1,3-5,7H,2,6H2,(H,11,12). The van der Waals surface area contributed by atoms with Gasteiger partial charge in [-0.25, -0.2) is 4.39 Å². The first-order valence-corrected chi connectivity index (χ1v) is 3.71. The largest absolute Gasteiger partial charge is 0.355 e. The average Bonchev–Trinajstić information content (AvgIpc) is 2.27. The Morgan fingerprint density at radius 3 is 3.17 bits per heavy atom. The van der Waals surface area contributed by atoms with Crippen molar-refractivity contribution in [2.75, 3.05) is 6.54 Å². The fourth-order valence-corrected chi connectivity index (χ4v) is 0.948. The van der Waals surface area contributed by atoms with Crippen molar-refractivity contribution in [1.29, 1.82) is 0 Å². The molecule has 1 aliphatic rings. The molecule has 0 radical (unpaired) electrons. The van der Waals surface area contributed by atoms with Crippen LogP contribution in [-0.2, 0) is 4.79 Å². The number of rotatable bonds is 3. The van der Waals surface area contributed by atoms with Gasteiger partial charge in [0.1, 0.15) is 5.83 Å². The second kappa shape index (κ2) is 4.49. The summed E-state index contributed by atoms with van der Waals surface area (Å²) in [4.78, 5) is 9.95. The van der Waals surface area contributed by atoms with E-state index in [1.165, 1.54) is 12.2 Å². The van der Waals surface area contributed by atoms with Crippen LogP contribution in [-0.4, -0.2) is 13.0 Å². The highest BCUT2D eigenvalue weighted by atomic mass is 19.1. The van der Waals surface area contributed by atoms with Gasteiger partial charge in [0.15, 0.2) is 0 Å². The van der Waals surface area contributed by atoms with Gasteiger partial charge >= 0.3 is 0 Å². The molecule has 0 aromatic carbocycles. The van der Waals surface area contributed by atoms with Crippen LogP contribution in [0.4, 0.5) is 4.39 Å². The van der Waals surface area contributed by atoms with Crippen LogP contribution >= 0.6 is 0 Å². The smallest absolute Gasteiger partial charge is 0.207 e. The molecular formula is C9H10FNO. The predicted octanol–water partition coefficient (Wildman–Crippen LogP) is 1.47. The van der Waals surface area contributed by atoms with Gasteiger partial charge in [0.2, 0.25) is 6.41 Å². The van der Waals surface area contributed by atoms with E-state index >= 15 is 0 Å². The van der Waals surface area contributed by atoms with Crippen LogP contribution in [0.15, 0.2) is 35.7 Å². The van der Waals surface area contributed by atoms with Gasteiger partial charge in [0.05, 0.1) is 0 Å². The third-order valence-corrected chi connectivity index (χ3v) is 1.55. The summed E-state index contributed by atoms with van der Waals surface area (Å²) < 4.78 is 12.6. The molecule has 0 spiro atoms. The Hall–Kier alpha value is -1.38. The summed E-state index contributed by atoms with van der Waals surface area (Å²) in [7, 11) is 0. The number of halogens is 1. The van der Waals surface area contributed by atoms with Crippen LogP contribution in [0.3, 0.4) is 0 Å². The normalized spacial score (nSPS) is 16.1. The topological polar surface area (TPSA) is 29.1 Å². The minimum absolute atomic E-state index is 0.254. The van der Waals surface area contributed by atoms with Crippen LogP contribution in [0, 0.1) is 0 Å². The van der Waals surface area contributed by atoms with E-state index in [1.807, 2.05) is 0 Å². The molecule has 2 nitrogen and oxygen atoms in total. The van der Waals surface area contributed by atoms with Crippen LogP contribution < -0.4 is 5.32 Å². The monoisotopic (exact) mass is 167 g/mol. The summed E-state index contributed by atoms with van der Waals surface area (Å²) in [5, 5.41) is 2.53. The van der Waals surface area contributed by atoms with Crippen LogP contribution in [0.25, 0.3) is 0 Å². The van der Waals surface area contributed by atoms with Gasteiger partial charge in [-0.3, -0.25) is 4.79 Å². The maximum absolute atomic E-state index is 12.6. The van der Waals surface area contributed by atoms with E-state index in [1.54, 1.807) is 12.2 Å². The second-order valence-corrected chi connectivity index (χ2v) is 2.48.